The van der Waals surface area contributed by atoms with Crippen LogP contribution in [-0.4, -0.2) is 13.1 Å². The Bertz CT molecular complexity index is 380. The Morgan fingerprint density at radius 2 is 1.87 bits per heavy atom. The van der Waals surface area contributed by atoms with Gasteiger partial charge in [-0.15, -0.1) is 11.6 Å². The first-order valence-electron chi connectivity index (χ1n) is 4.18. The number of methoxy groups -OCH3 is 1. The van der Waals surface area contributed by atoms with Gasteiger partial charge in [0.1, 0.15) is 0 Å². The van der Waals surface area contributed by atoms with Crippen LogP contribution in [0.1, 0.15) is 11.1 Å². The molecule has 1 rings (SSSR count). The zero-order valence-corrected chi connectivity index (χ0v) is 8.78. The number of esters is 1. The summed E-state index contributed by atoms with van der Waals surface area (Å²) in [5.74, 6) is -2.47. The van der Waals surface area contributed by atoms with Crippen LogP contribution in [-0.2, 0) is 21.8 Å². The maximum atomic E-state index is 12.9. The second-order valence-electron chi connectivity index (χ2n) is 2.92. The Labute approximate surface area is 90.8 Å². The van der Waals surface area contributed by atoms with E-state index in [-0.39, 0.29) is 12.3 Å². The highest BCUT2D eigenvalue weighted by Crippen LogP contribution is 2.17. The van der Waals surface area contributed by atoms with E-state index in [1.165, 1.54) is 7.11 Å². The van der Waals surface area contributed by atoms with E-state index in [1.807, 2.05) is 0 Å². The lowest BCUT2D eigenvalue weighted by atomic mass is 10.1. The molecule has 1 aromatic rings. The molecule has 15 heavy (non-hydrogen) atoms. The minimum atomic E-state index is -0.997. The first-order chi connectivity index (χ1) is 7.08. The third kappa shape index (κ3) is 2.89. The number of hydrogen-bond donors (Lipinski definition) is 0. The second-order valence-corrected chi connectivity index (χ2v) is 3.19. The predicted molar refractivity (Wildman–Crippen MR) is 51.6 cm³/mol. The van der Waals surface area contributed by atoms with E-state index in [2.05, 4.69) is 4.74 Å². The number of rotatable bonds is 3. The number of hydrogen-bond acceptors (Lipinski definition) is 2. The maximum absolute atomic E-state index is 12.9. The van der Waals surface area contributed by atoms with Crippen molar-refractivity contribution in [3.05, 3.63) is 34.9 Å². The summed E-state index contributed by atoms with van der Waals surface area (Å²) >= 11 is 5.54. The van der Waals surface area contributed by atoms with Crippen molar-refractivity contribution in [2.24, 2.45) is 0 Å². The van der Waals surface area contributed by atoms with Gasteiger partial charge in [0.2, 0.25) is 0 Å². The molecule has 0 N–H and O–H groups in total. The van der Waals surface area contributed by atoms with Crippen molar-refractivity contribution in [3.63, 3.8) is 0 Å². The van der Waals surface area contributed by atoms with E-state index >= 15 is 0 Å². The van der Waals surface area contributed by atoms with Gasteiger partial charge in [0.25, 0.3) is 0 Å². The molecule has 0 atom stereocenters. The quantitative estimate of drug-likeness (QED) is 0.593. The summed E-state index contributed by atoms with van der Waals surface area (Å²) in [4.78, 5) is 11.0. The van der Waals surface area contributed by atoms with Crippen molar-refractivity contribution < 1.29 is 18.3 Å². The topological polar surface area (TPSA) is 26.3 Å². The minimum Gasteiger partial charge on any atom is -0.469 e. The Morgan fingerprint density at radius 1 is 1.33 bits per heavy atom. The molecule has 0 aliphatic rings. The average molecular weight is 235 g/mol. The van der Waals surface area contributed by atoms with Gasteiger partial charge in [-0.05, 0) is 23.3 Å². The molecule has 0 heterocycles. The highest BCUT2D eigenvalue weighted by molar-refractivity contribution is 6.17. The highest BCUT2D eigenvalue weighted by atomic mass is 35.5. The number of carbonyl (C=O) groups is 1. The summed E-state index contributed by atoms with van der Waals surface area (Å²) in [7, 11) is 1.22. The van der Waals surface area contributed by atoms with Gasteiger partial charge in [-0.1, -0.05) is 0 Å². The molecule has 0 unspecified atom stereocenters. The fourth-order valence-corrected chi connectivity index (χ4v) is 1.39. The summed E-state index contributed by atoms with van der Waals surface area (Å²) in [6, 6.07) is 1.95. The minimum absolute atomic E-state index is 0.0174. The van der Waals surface area contributed by atoms with Crippen LogP contribution in [0.5, 0.6) is 0 Å². The summed E-state index contributed by atoms with van der Waals surface area (Å²) < 4.78 is 30.1. The highest BCUT2D eigenvalue weighted by Gasteiger charge is 2.12. The molecule has 0 saturated heterocycles. The van der Waals surface area contributed by atoms with Crippen LogP contribution in [0.15, 0.2) is 12.1 Å². The standard InChI is InChI=1S/C10H9ClF2O2/c1-15-10(14)4-6-2-8(12)9(13)3-7(6)5-11/h2-3H,4-5H2,1H3. The van der Waals surface area contributed by atoms with Crippen LogP contribution in [0.25, 0.3) is 0 Å². The molecular formula is C10H9ClF2O2. The van der Waals surface area contributed by atoms with Crippen LogP contribution in [0.3, 0.4) is 0 Å². The van der Waals surface area contributed by atoms with Crippen LogP contribution < -0.4 is 0 Å². The van der Waals surface area contributed by atoms with Crippen LogP contribution in [0.2, 0.25) is 0 Å². The van der Waals surface area contributed by atoms with E-state index in [9.17, 15) is 13.6 Å². The van der Waals surface area contributed by atoms with Gasteiger partial charge in [0, 0.05) is 5.88 Å². The van der Waals surface area contributed by atoms with Crippen LogP contribution >= 0.6 is 11.6 Å². The maximum Gasteiger partial charge on any atom is 0.309 e. The Kier molecular flexibility index (Phi) is 4.03. The van der Waals surface area contributed by atoms with E-state index < -0.39 is 17.6 Å². The lowest BCUT2D eigenvalue weighted by molar-refractivity contribution is -0.139. The molecule has 1 aromatic carbocycles. The number of benzene rings is 1. The zero-order valence-electron chi connectivity index (χ0n) is 8.02. The van der Waals surface area contributed by atoms with Crippen LogP contribution in [0, 0.1) is 11.6 Å². The van der Waals surface area contributed by atoms with Crippen molar-refractivity contribution in [1.82, 2.24) is 0 Å². The van der Waals surface area contributed by atoms with E-state index in [1.54, 1.807) is 0 Å². The number of ether oxygens (including phenoxy) is 1. The summed E-state index contributed by atoms with van der Waals surface area (Å²) in [5, 5.41) is 0. The third-order valence-electron chi connectivity index (χ3n) is 1.95. The summed E-state index contributed by atoms with van der Waals surface area (Å²) in [6.45, 7) is 0. The van der Waals surface area contributed by atoms with Crippen molar-refractivity contribution in [2.75, 3.05) is 7.11 Å². The van der Waals surface area contributed by atoms with Crippen molar-refractivity contribution in [3.8, 4) is 0 Å². The third-order valence-corrected chi connectivity index (χ3v) is 2.24. The number of alkyl halides is 1. The molecule has 0 amide bonds. The SMILES string of the molecule is COC(=O)Cc1cc(F)c(F)cc1CCl. The van der Waals surface area contributed by atoms with Crippen molar-refractivity contribution >= 4 is 17.6 Å². The van der Waals surface area contributed by atoms with Gasteiger partial charge in [0.05, 0.1) is 13.5 Å². The molecule has 0 aromatic heterocycles. The van der Waals surface area contributed by atoms with Gasteiger partial charge in [-0.3, -0.25) is 4.79 Å². The average Bonchev–Trinajstić information content (AvgIpc) is 2.22. The fraction of sp³-hybridized carbons (Fsp3) is 0.300. The van der Waals surface area contributed by atoms with E-state index in [0.717, 1.165) is 12.1 Å². The Balaban J connectivity index is 3.05. The van der Waals surface area contributed by atoms with Gasteiger partial charge in [-0.2, -0.15) is 0 Å². The molecule has 0 radical (unpaired) electrons. The number of halogens is 3. The van der Waals surface area contributed by atoms with Gasteiger partial charge in [0.15, 0.2) is 11.6 Å². The van der Waals surface area contributed by atoms with Crippen molar-refractivity contribution in [1.29, 1.82) is 0 Å². The molecule has 82 valence electrons. The molecule has 0 aliphatic heterocycles. The normalized spacial score (nSPS) is 10.1. The van der Waals surface area contributed by atoms with E-state index in [4.69, 9.17) is 11.6 Å². The van der Waals surface area contributed by atoms with Crippen LogP contribution in [0.4, 0.5) is 8.78 Å². The molecule has 0 bridgehead atoms. The van der Waals surface area contributed by atoms with Gasteiger partial charge < -0.3 is 4.74 Å². The number of carbonyl (C=O) groups excluding carboxylic acids is 1. The van der Waals surface area contributed by atoms with Crippen molar-refractivity contribution in [2.45, 2.75) is 12.3 Å². The van der Waals surface area contributed by atoms with Gasteiger partial charge in [-0.25, -0.2) is 8.78 Å². The lowest BCUT2D eigenvalue weighted by Gasteiger charge is -2.06. The largest absolute Gasteiger partial charge is 0.469 e. The molecule has 2 nitrogen and oxygen atoms in total. The monoisotopic (exact) mass is 234 g/mol. The zero-order chi connectivity index (χ0) is 11.4. The first kappa shape index (κ1) is 11.9. The smallest absolute Gasteiger partial charge is 0.309 e. The summed E-state index contributed by atoms with van der Waals surface area (Å²) in [6.07, 6.45) is -0.115. The predicted octanol–water partition coefficient (Wildman–Crippen LogP) is 2.42. The molecule has 5 heteroatoms. The molecule has 0 aliphatic carbocycles. The molecule has 0 spiro atoms. The molecular weight excluding hydrogens is 226 g/mol. The Hall–Kier alpha value is -1.16. The summed E-state index contributed by atoms with van der Waals surface area (Å²) in [5.41, 5.74) is 0.733. The molecule has 0 saturated carbocycles. The fourth-order valence-electron chi connectivity index (χ4n) is 1.15. The second kappa shape index (κ2) is 5.07. The van der Waals surface area contributed by atoms with E-state index in [0.29, 0.717) is 11.1 Å². The van der Waals surface area contributed by atoms with Gasteiger partial charge >= 0.3 is 5.97 Å². The Morgan fingerprint density at radius 3 is 2.33 bits per heavy atom. The first-order valence-corrected chi connectivity index (χ1v) is 4.71. The molecule has 0 fully saturated rings. The lowest BCUT2D eigenvalue weighted by Crippen LogP contribution is -2.07.